The van der Waals surface area contributed by atoms with E-state index in [1.807, 2.05) is 32.0 Å². The molecule has 0 saturated heterocycles. The maximum Gasteiger partial charge on any atom is 0.340 e. The van der Waals surface area contributed by atoms with Crippen LogP contribution in [0.25, 0.3) is 11.3 Å². The van der Waals surface area contributed by atoms with Crippen molar-refractivity contribution in [3.63, 3.8) is 0 Å². The molecule has 0 aliphatic heterocycles. The number of ether oxygens (including phenoxy) is 1. The second-order valence-electron chi connectivity index (χ2n) is 4.09. The van der Waals surface area contributed by atoms with Crippen molar-refractivity contribution in [2.24, 2.45) is 0 Å². The minimum absolute atomic E-state index is 0.158. The van der Waals surface area contributed by atoms with Crippen LogP contribution < -0.4 is 0 Å². The molecule has 0 aliphatic rings. The van der Waals surface area contributed by atoms with Gasteiger partial charge in [0.2, 0.25) is 0 Å². The van der Waals surface area contributed by atoms with Gasteiger partial charge in [0.25, 0.3) is 0 Å². The van der Waals surface area contributed by atoms with Crippen molar-refractivity contribution in [1.82, 2.24) is 9.97 Å². The summed E-state index contributed by atoms with van der Waals surface area (Å²) >= 11 is 0. The first-order chi connectivity index (χ1) is 8.68. The Morgan fingerprint density at radius 3 is 2.72 bits per heavy atom. The van der Waals surface area contributed by atoms with Crippen LogP contribution in [0.4, 0.5) is 0 Å². The van der Waals surface area contributed by atoms with Gasteiger partial charge in [-0.05, 0) is 32.0 Å². The summed E-state index contributed by atoms with van der Waals surface area (Å²) in [5, 5.41) is 0. The normalized spacial score (nSPS) is 10.4. The van der Waals surface area contributed by atoms with Gasteiger partial charge in [0, 0.05) is 24.2 Å². The quantitative estimate of drug-likeness (QED) is 0.776. The molecule has 2 aromatic heterocycles. The van der Waals surface area contributed by atoms with Crippen LogP contribution in [0.15, 0.2) is 42.9 Å². The van der Waals surface area contributed by atoms with Gasteiger partial charge in [-0.15, -0.1) is 0 Å². The Labute approximate surface area is 106 Å². The van der Waals surface area contributed by atoms with Crippen LogP contribution in [0.2, 0.25) is 0 Å². The van der Waals surface area contributed by atoms with Crippen LogP contribution in [0.3, 0.4) is 0 Å². The van der Waals surface area contributed by atoms with Crippen LogP contribution in [0.1, 0.15) is 24.2 Å². The Morgan fingerprint density at radius 2 is 2.06 bits per heavy atom. The van der Waals surface area contributed by atoms with Gasteiger partial charge in [0.05, 0.1) is 17.4 Å². The molecule has 0 aromatic carbocycles. The topological polar surface area (TPSA) is 52.1 Å². The largest absolute Gasteiger partial charge is 0.459 e. The minimum atomic E-state index is -0.376. The predicted octanol–water partition coefficient (Wildman–Crippen LogP) is 2.71. The first-order valence-electron chi connectivity index (χ1n) is 5.75. The number of nitrogens with zero attached hydrogens (tertiary/aromatic N) is 2. The van der Waals surface area contributed by atoms with E-state index in [1.54, 1.807) is 18.5 Å². The van der Waals surface area contributed by atoms with Gasteiger partial charge in [0.1, 0.15) is 0 Å². The standard InChI is InChI=1S/C14H14N2O2/c1-10(2)18-14(17)12-9-15-8-6-11(12)13-5-3-4-7-16-13/h3-10H,1-2H3. The molecule has 0 aliphatic carbocycles. The van der Waals surface area contributed by atoms with E-state index >= 15 is 0 Å². The fraction of sp³-hybridized carbons (Fsp3) is 0.214. The first-order valence-corrected chi connectivity index (χ1v) is 5.75. The van der Waals surface area contributed by atoms with Crippen LogP contribution >= 0.6 is 0 Å². The Bertz CT molecular complexity index is 539. The summed E-state index contributed by atoms with van der Waals surface area (Å²) in [5.41, 5.74) is 1.90. The highest BCUT2D eigenvalue weighted by molar-refractivity contribution is 5.96. The summed E-state index contributed by atoms with van der Waals surface area (Å²) in [4.78, 5) is 20.2. The molecule has 4 heteroatoms. The van der Waals surface area contributed by atoms with Gasteiger partial charge in [-0.25, -0.2) is 4.79 Å². The maximum atomic E-state index is 12.0. The molecule has 18 heavy (non-hydrogen) atoms. The van der Waals surface area contributed by atoms with Crippen molar-refractivity contribution >= 4 is 5.97 Å². The van der Waals surface area contributed by atoms with E-state index in [1.165, 1.54) is 6.20 Å². The van der Waals surface area contributed by atoms with E-state index < -0.39 is 0 Å². The molecule has 92 valence electrons. The summed E-state index contributed by atoms with van der Waals surface area (Å²) < 4.78 is 5.19. The lowest BCUT2D eigenvalue weighted by Gasteiger charge is -2.10. The molecule has 2 heterocycles. The number of carbonyl (C=O) groups is 1. The number of carbonyl (C=O) groups excluding carboxylic acids is 1. The Morgan fingerprint density at radius 1 is 1.22 bits per heavy atom. The van der Waals surface area contributed by atoms with Crippen LogP contribution in [-0.4, -0.2) is 22.0 Å². The molecule has 0 fully saturated rings. The number of rotatable bonds is 3. The maximum absolute atomic E-state index is 12.0. The Kier molecular flexibility index (Phi) is 3.67. The molecule has 2 aromatic rings. The van der Waals surface area contributed by atoms with Gasteiger partial charge < -0.3 is 4.74 Å². The van der Waals surface area contributed by atoms with Crippen molar-refractivity contribution in [3.05, 3.63) is 48.4 Å². The lowest BCUT2D eigenvalue weighted by molar-refractivity contribution is 0.0378. The Balaban J connectivity index is 2.41. The lowest BCUT2D eigenvalue weighted by atomic mass is 10.1. The zero-order valence-electron chi connectivity index (χ0n) is 10.3. The Hall–Kier alpha value is -2.23. The van der Waals surface area contributed by atoms with E-state index in [0.29, 0.717) is 5.56 Å². The van der Waals surface area contributed by atoms with Crippen LogP contribution in [-0.2, 0) is 4.74 Å². The fourth-order valence-corrected chi connectivity index (χ4v) is 1.58. The van der Waals surface area contributed by atoms with Gasteiger partial charge in [0.15, 0.2) is 0 Å². The van der Waals surface area contributed by atoms with Crippen molar-refractivity contribution in [3.8, 4) is 11.3 Å². The summed E-state index contributed by atoms with van der Waals surface area (Å²) in [6.07, 6.45) is 4.67. The molecule has 0 amide bonds. The van der Waals surface area contributed by atoms with Gasteiger partial charge in [-0.1, -0.05) is 6.07 Å². The molecular weight excluding hydrogens is 228 g/mol. The zero-order valence-corrected chi connectivity index (χ0v) is 10.3. The molecule has 0 saturated carbocycles. The first kappa shape index (κ1) is 12.2. The highest BCUT2D eigenvalue weighted by atomic mass is 16.5. The van der Waals surface area contributed by atoms with Crippen molar-refractivity contribution in [2.75, 3.05) is 0 Å². The minimum Gasteiger partial charge on any atom is -0.459 e. The molecule has 0 radical (unpaired) electrons. The molecule has 2 rings (SSSR count). The van der Waals surface area contributed by atoms with Crippen molar-refractivity contribution in [1.29, 1.82) is 0 Å². The number of esters is 1. The number of aromatic nitrogens is 2. The van der Waals surface area contributed by atoms with Gasteiger partial charge in [-0.3, -0.25) is 9.97 Å². The molecule has 0 bridgehead atoms. The highest BCUT2D eigenvalue weighted by Crippen LogP contribution is 2.21. The van der Waals surface area contributed by atoms with E-state index in [9.17, 15) is 4.79 Å². The van der Waals surface area contributed by atoms with Crippen molar-refractivity contribution < 1.29 is 9.53 Å². The fourth-order valence-electron chi connectivity index (χ4n) is 1.58. The van der Waals surface area contributed by atoms with Crippen molar-refractivity contribution in [2.45, 2.75) is 20.0 Å². The van der Waals surface area contributed by atoms with Gasteiger partial charge >= 0.3 is 5.97 Å². The van der Waals surface area contributed by atoms with E-state index in [2.05, 4.69) is 9.97 Å². The molecule has 0 spiro atoms. The molecule has 0 unspecified atom stereocenters. The summed E-state index contributed by atoms with van der Waals surface area (Å²) in [7, 11) is 0. The third kappa shape index (κ3) is 2.71. The predicted molar refractivity (Wildman–Crippen MR) is 68.0 cm³/mol. The SMILES string of the molecule is CC(C)OC(=O)c1cnccc1-c1ccccn1. The second-order valence-corrected chi connectivity index (χ2v) is 4.09. The summed E-state index contributed by atoms with van der Waals surface area (Å²) in [6, 6.07) is 7.32. The van der Waals surface area contributed by atoms with Crippen LogP contribution in [0, 0.1) is 0 Å². The molecular formula is C14H14N2O2. The second kappa shape index (κ2) is 5.40. The average molecular weight is 242 g/mol. The van der Waals surface area contributed by atoms with Gasteiger partial charge in [-0.2, -0.15) is 0 Å². The van der Waals surface area contributed by atoms with E-state index in [-0.39, 0.29) is 12.1 Å². The van der Waals surface area contributed by atoms with Crippen LogP contribution in [0.5, 0.6) is 0 Å². The monoisotopic (exact) mass is 242 g/mol. The molecule has 4 nitrogen and oxygen atoms in total. The average Bonchev–Trinajstić information content (AvgIpc) is 2.39. The third-order valence-corrected chi connectivity index (χ3v) is 2.32. The smallest absolute Gasteiger partial charge is 0.340 e. The molecule has 0 atom stereocenters. The molecule has 0 N–H and O–H groups in total. The lowest BCUT2D eigenvalue weighted by Crippen LogP contribution is -2.13. The zero-order chi connectivity index (χ0) is 13.0. The third-order valence-electron chi connectivity index (χ3n) is 2.32. The number of pyridine rings is 2. The summed E-state index contributed by atoms with van der Waals surface area (Å²) in [6.45, 7) is 3.63. The summed E-state index contributed by atoms with van der Waals surface area (Å²) in [5.74, 6) is -0.376. The number of hydrogen-bond donors (Lipinski definition) is 0. The van der Waals surface area contributed by atoms with E-state index in [0.717, 1.165) is 11.3 Å². The number of hydrogen-bond acceptors (Lipinski definition) is 4. The van der Waals surface area contributed by atoms with E-state index in [4.69, 9.17) is 4.74 Å². The highest BCUT2D eigenvalue weighted by Gasteiger charge is 2.15.